The average molecular weight is 502 g/mol. The molecule has 4 heteroatoms. The lowest BCUT2D eigenvalue weighted by molar-refractivity contribution is 0.0573. The zero-order valence-electron chi connectivity index (χ0n) is 23.6. The molecule has 37 heavy (non-hydrogen) atoms. The van der Waals surface area contributed by atoms with Crippen LogP contribution in [0.15, 0.2) is 91.6 Å². The Balaban J connectivity index is 0.000000604. The second-order valence-corrected chi connectivity index (χ2v) is 10.6. The van der Waals surface area contributed by atoms with E-state index < -0.39 is 0 Å². The fraction of sp³-hybridized carbons (Fsp3) is 0.364. The quantitative estimate of drug-likeness (QED) is 0.217. The van der Waals surface area contributed by atoms with Crippen molar-refractivity contribution in [1.82, 2.24) is 4.57 Å². The first-order valence-electron chi connectivity index (χ1n) is 12.9. The fourth-order valence-electron chi connectivity index (χ4n) is 4.62. The number of fused-ring (bicyclic) bond motifs is 1. The zero-order valence-corrected chi connectivity index (χ0v) is 23.6. The zero-order chi connectivity index (χ0) is 27.5. The largest absolute Gasteiger partial charge is 0.489 e. The number of rotatable bonds is 9. The number of methoxy groups -OCH3 is 1. The van der Waals surface area contributed by atoms with Crippen molar-refractivity contribution < 1.29 is 14.3 Å². The van der Waals surface area contributed by atoms with Gasteiger partial charge in [-0.25, -0.2) is 4.79 Å². The van der Waals surface area contributed by atoms with Gasteiger partial charge in [0.05, 0.1) is 7.11 Å². The van der Waals surface area contributed by atoms with Crippen molar-refractivity contribution >= 4 is 16.9 Å². The molecule has 0 N–H and O–H groups in total. The lowest BCUT2D eigenvalue weighted by Gasteiger charge is -2.38. The molecule has 0 saturated heterocycles. The van der Waals surface area contributed by atoms with Gasteiger partial charge in [-0.15, -0.1) is 0 Å². The van der Waals surface area contributed by atoms with E-state index in [0.29, 0.717) is 12.3 Å². The minimum Gasteiger partial charge on any atom is -0.489 e. The Labute approximate surface area is 223 Å². The first-order chi connectivity index (χ1) is 17.6. The smallest absolute Gasteiger partial charge is 0.354 e. The van der Waals surface area contributed by atoms with E-state index in [1.807, 2.05) is 79.8 Å². The van der Waals surface area contributed by atoms with Gasteiger partial charge in [-0.2, -0.15) is 0 Å². The van der Waals surface area contributed by atoms with E-state index in [1.165, 1.54) is 7.11 Å². The maximum atomic E-state index is 12.7. The van der Waals surface area contributed by atoms with E-state index in [4.69, 9.17) is 9.47 Å². The van der Waals surface area contributed by atoms with Gasteiger partial charge in [-0.3, -0.25) is 0 Å². The van der Waals surface area contributed by atoms with Crippen LogP contribution in [-0.4, -0.2) is 17.6 Å². The van der Waals surface area contributed by atoms with Gasteiger partial charge < -0.3 is 14.0 Å². The van der Waals surface area contributed by atoms with Gasteiger partial charge in [0.25, 0.3) is 0 Å². The molecular formula is C33H43NO3. The number of esters is 1. The van der Waals surface area contributed by atoms with Gasteiger partial charge in [-0.1, -0.05) is 95.0 Å². The molecule has 3 aromatic rings. The molecule has 1 heterocycles. The summed E-state index contributed by atoms with van der Waals surface area (Å²) < 4.78 is 13.3. The van der Waals surface area contributed by atoms with Gasteiger partial charge >= 0.3 is 5.97 Å². The number of carbonyl (C=O) groups excluding carboxylic acids is 1. The second-order valence-electron chi connectivity index (χ2n) is 10.6. The van der Waals surface area contributed by atoms with E-state index in [2.05, 4.69) is 51.8 Å². The van der Waals surface area contributed by atoms with Crippen LogP contribution in [0, 0.1) is 5.41 Å². The second kappa shape index (κ2) is 13.7. The normalized spacial score (nSPS) is 13.3. The number of hydrogen-bond donors (Lipinski definition) is 0. The predicted molar refractivity (Wildman–Crippen MR) is 156 cm³/mol. The third kappa shape index (κ3) is 8.52. The molecule has 2 aromatic carbocycles. The summed E-state index contributed by atoms with van der Waals surface area (Å²) in [6.45, 7) is 17.1. The van der Waals surface area contributed by atoms with Crippen molar-refractivity contribution in [1.29, 1.82) is 0 Å². The number of aromatic nitrogens is 1. The van der Waals surface area contributed by atoms with Crippen LogP contribution in [0.1, 0.15) is 70.4 Å². The molecule has 3 rings (SSSR count). The SMILES string of the molecule is C=C/C=C\C=C/C.CCC(C)(CC(C)(C)C)n1c(C(=O)OC)cc2cc(OCc3ccccc3)ccc21. The lowest BCUT2D eigenvalue weighted by Crippen LogP contribution is -2.36. The van der Waals surface area contributed by atoms with Crippen molar-refractivity contribution in [3.05, 3.63) is 103 Å². The highest BCUT2D eigenvalue weighted by Gasteiger charge is 2.34. The third-order valence-electron chi connectivity index (χ3n) is 6.18. The molecule has 4 nitrogen and oxygen atoms in total. The summed E-state index contributed by atoms with van der Waals surface area (Å²) in [6, 6.07) is 18.1. The van der Waals surface area contributed by atoms with Gasteiger partial charge in [0.1, 0.15) is 18.1 Å². The lowest BCUT2D eigenvalue weighted by atomic mass is 9.79. The molecular weight excluding hydrogens is 458 g/mol. The van der Waals surface area contributed by atoms with Crippen LogP contribution in [-0.2, 0) is 16.9 Å². The van der Waals surface area contributed by atoms with Crippen molar-refractivity contribution in [3.8, 4) is 5.75 Å². The van der Waals surface area contributed by atoms with Crippen LogP contribution in [0.5, 0.6) is 5.75 Å². The summed E-state index contributed by atoms with van der Waals surface area (Å²) >= 11 is 0. The van der Waals surface area contributed by atoms with Crippen molar-refractivity contribution in [2.75, 3.05) is 7.11 Å². The van der Waals surface area contributed by atoms with Crippen LogP contribution < -0.4 is 4.74 Å². The minimum atomic E-state index is -0.313. The Kier molecular flexibility index (Phi) is 11.0. The number of ether oxygens (including phenoxy) is 2. The molecule has 0 saturated carbocycles. The highest BCUT2D eigenvalue weighted by Crippen LogP contribution is 2.40. The molecule has 1 unspecified atom stereocenters. The Morgan fingerprint density at radius 1 is 1.00 bits per heavy atom. The van der Waals surface area contributed by atoms with E-state index in [-0.39, 0.29) is 16.9 Å². The number of allylic oxidation sites excluding steroid dienone is 5. The Morgan fingerprint density at radius 3 is 2.27 bits per heavy atom. The van der Waals surface area contributed by atoms with Gasteiger partial charge in [0, 0.05) is 16.4 Å². The summed E-state index contributed by atoms with van der Waals surface area (Å²) in [5.74, 6) is 0.473. The molecule has 1 atom stereocenters. The van der Waals surface area contributed by atoms with Crippen molar-refractivity contribution in [3.63, 3.8) is 0 Å². The summed E-state index contributed by atoms with van der Waals surface area (Å²) in [5.41, 5.74) is 2.63. The van der Waals surface area contributed by atoms with Crippen LogP contribution in [0.4, 0.5) is 0 Å². The van der Waals surface area contributed by atoms with Gasteiger partial charge in [0.15, 0.2) is 0 Å². The molecule has 0 radical (unpaired) electrons. The van der Waals surface area contributed by atoms with E-state index in [0.717, 1.165) is 35.1 Å². The molecule has 0 aliphatic carbocycles. The average Bonchev–Trinajstić information content (AvgIpc) is 3.27. The predicted octanol–water partition coefficient (Wildman–Crippen LogP) is 8.87. The Hall–Kier alpha value is -3.53. The van der Waals surface area contributed by atoms with E-state index in [9.17, 15) is 4.79 Å². The van der Waals surface area contributed by atoms with Crippen LogP contribution in [0.2, 0.25) is 0 Å². The molecule has 198 valence electrons. The molecule has 1 aromatic heterocycles. The number of nitrogens with zero attached hydrogens (tertiary/aromatic N) is 1. The fourth-order valence-corrected chi connectivity index (χ4v) is 4.62. The third-order valence-corrected chi connectivity index (χ3v) is 6.18. The Morgan fingerprint density at radius 2 is 1.70 bits per heavy atom. The maximum Gasteiger partial charge on any atom is 0.354 e. The van der Waals surface area contributed by atoms with E-state index in [1.54, 1.807) is 6.08 Å². The molecule has 0 fully saturated rings. The first-order valence-corrected chi connectivity index (χ1v) is 12.9. The monoisotopic (exact) mass is 501 g/mol. The number of hydrogen-bond acceptors (Lipinski definition) is 3. The summed E-state index contributed by atoms with van der Waals surface area (Å²) in [4.78, 5) is 12.7. The summed E-state index contributed by atoms with van der Waals surface area (Å²) in [7, 11) is 1.44. The van der Waals surface area contributed by atoms with Gasteiger partial charge in [0.2, 0.25) is 0 Å². The standard InChI is InChI=1S/C26H33NO3.C7H10/c1-7-26(5,18-25(2,3)4)27-22-14-13-21(30-17-19-11-9-8-10-12-19)15-20(22)16-23(27)24(28)29-6;1-3-5-7-6-4-2/h8-16H,7,17-18H2,1-6H3;3-7H,1H2,2H3/b;6-4-,7-5-. The highest BCUT2D eigenvalue weighted by atomic mass is 16.5. The van der Waals surface area contributed by atoms with Crippen LogP contribution in [0.3, 0.4) is 0 Å². The highest BCUT2D eigenvalue weighted by molar-refractivity contribution is 5.96. The first kappa shape index (κ1) is 29.7. The molecule has 0 aliphatic heterocycles. The van der Waals surface area contributed by atoms with Gasteiger partial charge in [-0.05, 0) is 61.9 Å². The molecule has 0 amide bonds. The van der Waals surface area contributed by atoms with E-state index >= 15 is 0 Å². The van der Waals surface area contributed by atoms with Crippen LogP contribution >= 0.6 is 0 Å². The minimum absolute atomic E-state index is 0.119. The molecule has 0 spiro atoms. The van der Waals surface area contributed by atoms with Crippen molar-refractivity contribution in [2.45, 2.75) is 66.5 Å². The summed E-state index contributed by atoms with van der Waals surface area (Å²) in [6.07, 6.45) is 11.4. The topological polar surface area (TPSA) is 40.5 Å². The van der Waals surface area contributed by atoms with Crippen molar-refractivity contribution in [2.24, 2.45) is 5.41 Å². The van der Waals surface area contributed by atoms with Crippen LogP contribution in [0.25, 0.3) is 10.9 Å². The Bertz CT molecular complexity index is 1210. The maximum absolute atomic E-state index is 12.7. The molecule has 0 bridgehead atoms. The molecule has 0 aliphatic rings. The summed E-state index contributed by atoms with van der Waals surface area (Å²) in [5, 5.41) is 0.981. The number of benzene rings is 2. The number of carbonyl (C=O) groups is 1.